The average Bonchev–Trinajstić information content (AvgIpc) is 2.53. The molecule has 1 rings (SSSR count). The third kappa shape index (κ3) is 6.10. The highest BCUT2D eigenvalue weighted by Crippen LogP contribution is 2.60. The minimum atomic E-state index is -4.75. The van der Waals surface area contributed by atoms with Gasteiger partial charge in [0.05, 0.1) is 14.2 Å². The highest BCUT2D eigenvalue weighted by Gasteiger charge is 2.48. The SMILES string of the molecule is COc1c(C)c(O)c(C(C(C)(C)CC(C)C)C(C)(C)CC(C)(C)C)c(S(=O)(=O)O)c1OC. The fourth-order valence-corrected chi connectivity index (χ4v) is 7.15. The number of rotatable bonds is 9. The molecule has 1 aromatic carbocycles. The van der Waals surface area contributed by atoms with Crippen LogP contribution in [0.4, 0.5) is 0 Å². The minimum Gasteiger partial charge on any atom is -0.507 e. The third-order valence-electron chi connectivity index (χ3n) is 6.05. The molecular formula is C25H44O6S. The van der Waals surface area contributed by atoms with Crippen LogP contribution in [-0.4, -0.2) is 32.3 Å². The number of ether oxygens (including phenoxy) is 2. The van der Waals surface area contributed by atoms with Gasteiger partial charge < -0.3 is 14.6 Å². The second kappa shape index (κ2) is 9.41. The van der Waals surface area contributed by atoms with Crippen LogP contribution in [0.3, 0.4) is 0 Å². The second-order valence-electron chi connectivity index (χ2n) is 12.0. The first-order valence-electron chi connectivity index (χ1n) is 11.2. The van der Waals surface area contributed by atoms with Crippen molar-refractivity contribution in [2.75, 3.05) is 14.2 Å². The molecule has 0 saturated heterocycles. The largest absolute Gasteiger partial charge is 0.507 e. The Morgan fingerprint density at radius 2 is 1.38 bits per heavy atom. The minimum absolute atomic E-state index is 0.0465. The van der Waals surface area contributed by atoms with Gasteiger partial charge in [-0.05, 0) is 47.8 Å². The van der Waals surface area contributed by atoms with Gasteiger partial charge in [-0.15, -0.1) is 0 Å². The van der Waals surface area contributed by atoms with Gasteiger partial charge in [-0.2, -0.15) is 8.42 Å². The maximum atomic E-state index is 12.7. The van der Waals surface area contributed by atoms with Crippen molar-refractivity contribution >= 4 is 10.1 Å². The van der Waals surface area contributed by atoms with Gasteiger partial charge >= 0.3 is 0 Å². The van der Waals surface area contributed by atoms with E-state index in [4.69, 9.17) is 9.47 Å². The lowest BCUT2D eigenvalue weighted by Gasteiger charge is -2.49. The summed E-state index contributed by atoms with van der Waals surface area (Å²) < 4.78 is 46.6. The Morgan fingerprint density at radius 3 is 1.72 bits per heavy atom. The van der Waals surface area contributed by atoms with E-state index in [9.17, 15) is 18.1 Å². The van der Waals surface area contributed by atoms with E-state index in [0.29, 0.717) is 11.5 Å². The van der Waals surface area contributed by atoms with Crippen LogP contribution in [0.5, 0.6) is 17.2 Å². The van der Waals surface area contributed by atoms with Gasteiger partial charge in [0.25, 0.3) is 10.1 Å². The van der Waals surface area contributed by atoms with Gasteiger partial charge in [0, 0.05) is 11.1 Å². The molecule has 0 radical (unpaired) electrons. The number of hydrogen-bond acceptors (Lipinski definition) is 5. The molecule has 1 unspecified atom stereocenters. The van der Waals surface area contributed by atoms with Gasteiger partial charge in [-0.25, -0.2) is 0 Å². The number of aromatic hydroxyl groups is 1. The van der Waals surface area contributed by atoms with Crippen LogP contribution in [0.15, 0.2) is 4.90 Å². The molecule has 0 fully saturated rings. The van der Waals surface area contributed by atoms with Crippen LogP contribution >= 0.6 is 0 Å². The Labute approximate surface area is 195 Å². The molecule has 6 nitrogen and oxygen atoms in total. The predicted octanol–water partition coefficient (Wildman–Crippen LogP) is 6.58. The molecule has 0 saturated carbocycles. The first-order valence-corrected chi connectivity index (χ1v) is 12.6. The predicted molar refractivity (Wildman–Crippen MR) is 130 cm³/mol. The molecule has 2 N–H and O–H groups in total. The van der Waals surface area contributed by atoms with E-state index in [1.165, 1.54) is 14.2 Å². The van der Waals surface area contributed by atoms with E-state index >= 15 is 0 Å². The van der Waals surface area contributed by atoms with Crippen molar-refractivity contribution in [2.24, 2.45) is 22.2 Å². The second-order valence-corrected chi connectivity index (χ2v) is 13.4. The standard InChI is InChI=1S/C25H44O6S/c1-15(2)13-24(7,8)22(25(9,10)14-23(4,5)6)17-18(26)16(3)19(30-11)20(31-12)21(17)32(27,28)29/h15,22,26H,13-14H2,1-12H3,(H,27,28,29). The number of phenols is 1. The normalized spacial score (nSPS) is 14.6. The Morgan fingerprint density at radius 1 is 0.906 bits per heavy atom. The number of hydrogen-bond donors (Lipinski definition) is 2. The van der Waals surface area contributed by atoms with Gasteiger partial charge in [0.1, 0.15) is 10.6 Å². The zero-order chi connectivity index (χ0) is 25.4. The molecule has 0 spiro atoms. The quantitative estimate of drug-likeness (QED) is 0.394. The summed E-state index contributed by atoms with van der Waals surface area (Å²) in [7, 11) is -2.04. The van der Waals surface area contributed by atoms with E-state index in [2.05, 4.69) is 62.3 Å². The highest BCUT2D eigenvalue weighted by atomic mass is 32.2. The summed E-state index contributed by atoms with van der Waals surface area (Å²) in [5, 5.41) is 11.4. The maximum absolute atomic E-state index is 12.7. The zero-order valence-corrected chi connectivity index (χ0v) is 22.8. The smallest absolute Gasteiger partial charge is 0.298 e. The molecule has 0 aromatic heterocycles. The zero-order valence-electron chi connectivity index (χ0n) is 22.0. The molecule has 0 heterocycles. The Bertz CT molecular complexity index is 921. The van der Waals surface area contributed by atoms with E-state index < -0.39 is 31.8 Å². The van der Waals surface area contributed by atoms with Crippen LogP contribution in [0.25, 0.3) is 0 Å². The fraction of sp³-hybridized carbons (Fsp3) is 0.760. The Kier molecular flexibility index (Phi) is 8.40. The van der Waals surface area contributed by atoms with Crippen molar-refractivity contribution in [3.63, 3.8) is 0 Å². The number of phenolic OH excluding ortho intramolecular Hbond substituents is 1. The van der Waals surface area contributed by atoms with Crippen LogP contribution in [0.1, 0.15) is 92.2 Å². The molecule has 0 aliphatic carbocycles. The highest BCUT2D eigenvalue weighted by molar-refractivity contribution is 7.86. The first kappa shape index (κ1) is 28.6. The van der Waals surface area contributed by atoms with Crippen LogP contribution in [0, 0.1) is 29.1 Å². The van der Waals surface area contributed by atoms with E-state index in [1.807, 2.05) is 0 Å². The number of benzene rings is 1. The summed E-state index contributed by atoms with van der Waals surface area (Å²) in [6.45, 7) is 20.7. The third-order valence-corrected chi connectivity index (χ3v) is 6.97. The van der Waals surface area contributed by atoms with Crippen molar-refractivity contribution in [3.05, 3.63) is 11.1 Å². The summed E-state index contributed by atoms with van der Waals surface area (Å²) in [4.78, 5) is -0.413. The fourth-order valence-electron chi connectivity index (χ4n) is 6.25. The Hall–Kier alpha value is -1.47. The van der Waals surface area contributed by atoms with Crippen LogP contribution in [0.2, 0.25) is 0 Å². The van der Waals surface area contributed by atoms with Gasteiger partial charge in [-0.1, -0.05) is 62.3 Å². The first-order chi connectivity index (χ1) is 14.2. The van der Waals surface area contributed by atoms with Gasteiger partial charge in [0.15, 0.2) is 11.5 Å². The summed E-state index contributed by atoms with van der Waals surface area (Å²) in [6.07, 6.45) is 1.56. The van der Waals surface area contributed by atoms with E-state index in [0.717, 1.165) is 12.8 Å². The lowest BCUT2D eigenvalue weighted by atomic mass is 9.56. The molecule has 0 aliphatic rings. The van der Waals surface area contributed by atoms with Gasteiger partial charge in [0.2, 0.25) is 0 Å². The van der Waals surface area contributed by atoms with E-state index in [-0.39, 0.29) is 28.2 Å². The summed E-state index contributed by atoms with van der Waals surface area (Å²) in [6, 6.07) is 0. The van der Waals surface area contributed by atoms with Gasteiger partial charge in [-0.3, -0.25) is 4.55 Å². The average molecular weight is 473 g/mol. The summed E-state index contributed by atoms with van der Waals surface area (Å²) in [5.74, 6) is -0.241. The molecule has 0 aliphatic heterocycles. The van der Waals surface area contributed by atoms with Crippen LogP contribution < -0.4 is 9.47 Å². The molecule has 1 aromatic rings. The van der Waals surface area contributed by atoms with Crippen molar-refractivity contribution < 1.29 is 27.6 Å². The van der Waals surface area contributed by atoms with Crippen molar-refractivity contribution in [3.8, 4) is 17.2 Å². The molecular weight excluding hydrogens is 428 g/mol. The topological polar surface area (TPSA) is 93.1 Å². The molecule has 1 atom stereocenters. The number of methoxy groups -OCH3 is 2. The molecule has 0 bridgehead atoms. The molecule has 0 amide bonds. The summed E-state index contributed by atoms with van der Waals surface area (Å²) >= 11 is 0. The summed E-state index contributed by atoms with van der Waals surface area (Å²) in [5.41, 5.74) is -0.313. The lowest BCUT2D eigenvalue weighted by Crippen LogP contribution is -2.38. The molecule has 186 valence electrons. The maximum Gasteiger partial charge on any atom is 0.298 e. The lowest BCUT2D eigenvalue weighted by molar-refractivity contribution is 0.0750. The van der Waals surface area contributed by atoms with Crippen LogP contribution in [-0.2, 0) is 10.1 Å². The van der Waals surface area contributed by atoms with Crippen molar-refractivity contribution in [1.29, 1.82) is 0 Å². The Balaban J connectivity index is 4.26. The van der Waals surface area contributed by atoms with Crippen molar-refractivity contribution in [2.45, 2.75) is 92.9 Å². The molecule has 32 heavy (non-hydrogen) atoms. The molecule has 7 heteroatoms. The monoisotopic (exact) mass is 472 g/mol. The van der Waals surface area contributed by atoms with Crippen molar-refractivity contribution in [1.82, 2.24) is 0 Å². The van der Waals surface area contributed by atoms with E-state index in [1.54, 1.807) is 6.92 Å².